The molecule has 0 spiro atoms. The Morgan fingerprint density at radius 1 is 1.11 bits per heavy atom. The first-order valence-corrected chi connectivity index (χ1v) is 9.80. The predicted octanol–water partition coefficient (Wildman–Crippen LogP) is 3.78. The van der Waals surface area contributed by atoms with E-state index in [9.17, 15) is 0 Å². The standard InChI is InChI=1S/C21H26N4O3/c1-26-17-7-5-15(6-8-17)20-23-16(13-27-20)11-18-24-19(28-25-18)12-21(14-22)9-3-2-4-10-21/h5-8,13H,2-4,9-12,14,22H2,1H3. The molecule has 2 N–H and O–H groups in total. The molecule has 4 rings (SSSR count). The summed E-state index contributed by atoms with van der Waals surface area (Å²) in [6.45, 7) is 0.666. The third kappa shape index (κ3) is 4.09. The van der Waals surface area contributed by atoms with Crippen LogP contribution in [0.4, 0.5) is 0 Å². The second-order valence-electron chi connectivity index (χ2n) is 7.60. The summed E-state index contributed by atoms with van der Waals surface area (Å²) < 4.78 is 16.3. The first kappa shape index (κ1) is 18.7. The molecule has 1 aromatic carbocycles. The number of methoxy groups -OCH3 is 1. The zero-order chi connectivity index (χ0) is 19.4. The van der Waals surface area contributed by atoms with Crippen LogP contribution < -0.4 is 10.5 Å². The van der Waals surface area contributed by atoms with Gasteiger partial charge in [-0.3, -0.25) is 0 Å². The van der Waals surface area contributed by atoms with E-state index in [2.05, 4.69) is 15.1 Å². The minimum absolute atomic E-state index is 0.109. The smallest absolute Gasteiger partial charge is 0.227 e. The van der Waals surface area contributed by atoms with Crippen molar-refractivity contribution < 1.29 is 13.7 Å². The summed E-state index contributed by atoms with van der Waals surface area (Å²) in [6, 6.07) is 7.58. The predicted molar refractivity (Wildman–Crippen MR) is 104 cm³/mol. The number of aromatic nitrogens is 3. The highest BCUT2D eigenvalue weighted by molar-refractivity contribution is 5.54. The number of nitrogens with two attached hydrogens (primary N) is 1. The monoisotopic (exact) mass is 382 g/mol. The van der Waals surface area contributed by atoms with Crippen LogP contribution in [0.15, 0.2) is 39.5 Å². The van der Waals surface area contributed by atoms with Gasteiger partial charge in [0.25, 0.3) is 0 Å². The van der Waals surface area contributed by atoms with Gasteiger partial charge in [-0.15, -0.1) is 0 Å². The number of ether oxygens (including phenoxy) is 1. The Balaban J connectivity index is 1.42. The molecular formula is C21H26N4O3. The van der Waals surface area contributed by atoms with E-state index in [1.807, 2.05) is 24.3 Å². The summed E-state index contributed by atoms with van der Waals surface area (Å²) in [5.41, 5.74) is 7.84. The van der Waals surface area contributed by atoms with E-state index in [1.54, 1.807) is 13.4 Å². The molecule has 0 unspecified atom stereocenters. The van der Waals surface area contributed by atoms with E-state index in [0.29, 0.717) is 30.6 Å². The number of hydrogen-bond acceptors (Lipinski definition) is 7. The molecule has 1 fully saturated rings. The molecule has 0 radical (unpaired) electrons. The van der Waals surface area contributed by atoms with E-state index in [-0.39, 0.29) is 5.41 Å². The lowest BCUT2D eigenvalue weighted by Gasteiger charge is -2.34. The van der Waals surface area contributed by atoms with Crippen molar-refractivity contribution in [2.24, 2.45) is 11.1 Å². The first-order chi connectivity index (χ1) is 13.7. The third-order valence-corrected chi connectivity index (χ3v) is 5.61. The summed E-state index contributed by atoms with van der Waals surface area (Å²) in [7, 11) is 1.64. The highest BCUT2D eigenvalue weighted by Gasteiger charge is 2.33. The maximum atomic E-state index is 6.07. The van der Waals surface area contributed by atoms with Gasteiger partial charge in [0.05, 0.1) is 19.2 Å². The molecule has 0 amide bonds. The van der Waals surface area contributed by atoms with Gasteiger partial charge in [-0.05, 0) is 49.1 Å². The summed E-state index contributed by atoms with van der Waals surface area (Å²) in [5, 5.41) is 4.12. The molecule has 1 saturated carbocycles. The molecular weight excluding hydrogens is 356 g/mol. The van der Waals surface area contributed by atoms with Gasteiger partial charge in [0.15, 0.2) is 5.82 Å². The maximum absolute atomic E-state index is 6.07. The van der Waals surface area contributed by atoms with Crippen molar-refractivity contribution in [3.05, 3.63) is 47.9 Å². The fourth-order valence-corrected chi connectivity index (χ4v) is 3.93. The number of oxazole rings is 1. The highest BCUT2D eigenvalue weighted by Crippen LogP contribution is 2.38. The van der Waals surface area contributed by atoms with Crippen LogP contribution in [0.1, 0.15) is 49.5 Å². The summed E-state index contributed by atoms with van der Waals surface area (Å²) in [5.74, 6) is 2.64. The van der Waals surface area contributed by atoms with Crippen LogP contribution >= 0.6 is 0 Å². The van der Waals surface area contributed by atoms with E-state index in [4.69, 9.17) is 19.4 Å². The van der Waals surface area contributed by atoms with Crippen LogP contribution in [0.2, 0.25) is 0 Å². The van der Waals surface area contributed by atoms with Crippen molar-refractivity contribution in [2.75, 3.05) is 13.7 Å². The van der Waals surface area contributed by atoms with Crippen molar-refractivity contribution >= 4 is 0 Å². The van der Waals surface area contributed by atoms with E-state index < -0.39 is 0 Å². The molecule has 0 atom stereocenters. The molecule has 3 aromatic rings. The lowest BCUT2D eigenvalue weighted by Crippen LogP contribution is -2.35. The first-order valence-electron chi connectivity index (χ1n) is 9.80. The van der Waals surface area contributed by atoms with Crippen molar-refractivity contribution in [2.45, 2.75) is 44.9 Å². The third-order valence-electron chi connectivity index (χ3n) is 5.61. The van der Waals surface area contributed by atoms with Gasteiger partial charge >= 0.3 is 0 Å². The molecule has 1 aliphatic rings. The minimum Gasteiger partial charge on any atom is -0.497 e. The maximum Gasteiger partial charge on any atom is 0.227 e. The lowest BCUT2D eigenvalue weighted by molar-refractivity contribution is 0.177. The van der Waals surface area contributed by atoms with Gasteiger partial charge in [0, 0.05) is 12.0 Å². The number of nitrogens with zero attached hydrogens (tertiary/aromatic N) is 3. The van der Waals surface area contributed by atoms with Crippen molar-refractivity contribution in [1.82, 2.24) is 15.1 Å². The Hall–Kier alpha value is -2.67. The molecule has 0 aliphatic heterocycles. The van der Waals surface area contributed by atoms with Gasteiger partial charge in [0.1, 0.15) is 12.0 Å². The van der Waals surface area contributed by atoms with Gasteiger partial charge in [-0.1, -0.05) is 24.4 Å². The quantitative estimate of drug-likeness (QED) is 0.664. The van der Waals surface area contributed by atoms with Crippen molar-refractivity contribution in [3.63, 3.8) is 0 Å². The largest absolute Gasteiger partial charge is 0.497 e. The SMILES string of the molecule is COc1ccc(-c2nc(Cc3noc(CC4(CN)CCCCC4)n3)co2)cc1. The van der Waals surface area contributed by atoms with Gasteiger partial charge in [0.2, 0.25) is 11.8 Å². The van der Waals surface area contributed by atoms with Gasteiger partial charge in [-0.25, -0.2) is 4.98 Å². The molecule has 0 saturated heterocycles. The molecule has 28 heavy (non-hydrogen) atoms. The van der Waals surface area contributed by atoms with Crippen molar-refractivity contribution in [1.29, 1.82) is 0 Å². The fourth-order valence-electron chi connectivity index (χ4n) is 3.93. The lowest BCUT2D eigenvalue weighted by atomic mass is 9.72. The van der Waals surface area contributed by atoms with Crippen LogP contribution in [0.3, 0.4) is 0 Å². The second-order valence-corrected chi connectivity index (χ2v) is 7.60. The van der Waals surface area contributed by atoms with Crippen LogP contribution in [0, 0.1) is 5.41 Å². The van der Waals surface area contributed by atoms with Gasteiger partial charge < -0.3 is 19.4 Å². The average molecular weight is 382 g/mol. The van der Waals surface area contributed by atoms with Crippen LogP contribution in [0.25, 0.3) is 11.5 Å². The molecule has 7 heteroatoms. The Morgan fingerprint density at radius 2 is 1.89 bits per heavy atom. The van der Waals surface area contributed by atoms with E-state index >= 15 is 0 Å². The zero-order valence-corrected chi connectivity index (χ0v) is 16.2. The Bertz CT molecular complexity index is 895. The number of hydrogen-bond donors (Lipinski definition) is 1. The van der Waals surface area contributed by atoms with E-state index in [1.165, 1.54) is 19.3 Å². The topological polar surface area (TPSA) is 100 Å². The number of rotatable bonds is 7. The highest BCUT2D eigenvalue weighted by atomic mass is 16.5. The Kier molecular flexibility index (Phi) is 5.43. The number of benzene rings is 1. The molecule has 2 heterocycles. The average Bonchev–Trinajstić information content (AvgIpc) is 3.38. The normalized spacial score (nSPS) is 16.2. The molecule has 7 nitrogen and oxygen atoms in total. The summed E-state index contributed by atoms with van der Waals surface area (Å²) in [6.07, 6.45) is 8.88. The molecule has 148 valence electrons. The fraction of sp³-hybridized carbons (Fsp3) is 0.476. The molecule has 0 bridgehead atoms. The van der Waals surface area contributed by atoms with Crippen molar-refractivity contribution in [3.8, 4) is 17.2 Å². The van der Waals surface area contributed by atoms with Gasteiger partial charge in [-0.2, -0.15) is 4.98 Å². The summed E-state index contributed by atoms with van der Waals surface area (Å²) >= 11 is 0. The zero-order valence-electron chi connectivity index (χ0n) is 16.2. The minimum atomic E-state index is 0.109. The molecule has 1 aliphatic carbocycles. The Morgan fingerprint density at radius 3 is 2.61 bits per heavy atom. The van der Waals surface area contributed by atoms with Crippen LogP contribution in [0.5, 0.6) is 5.75 Å². The Labute approximate surface area is 164 Å². The second kappa shape index (κ2) is 8.14. The summed E-state index contributed by atoms with van der Waals surface area (Å²) in [4.78, 5) is 9.10. The van der Waals surface area contributed by atoms with Crippen LogP contribution in [-0.2, 0) is 12.8 Å². The van der Waals surface area contributed by atoms with Crippen LogP contribution in [-0.4, -0.2) is 28.8 Å². The molecule has 2 aromatic heterocycles. The van der Waals surface area contributed by atoms with E-state index in [0.717, 1.165) is 36.3 Å².